The molecule has 0 amide bonds. The first-order chi connectivity index (χ1) is 7.63. The van der Waals surface area contributed by atoms with Gasteiger partial charge in [-0.3, -0.25) is 0 Å². The molecule has 1 aromatic carbocycles. The summed E-state index contributed by atoms with van der Waals surface area (Å²) in [5, 5.41) is 3.66. The molecule has 2 unspecified atom stereocenters. The topological polar surface area (TPSA) is 12.0 Å². The van der Waals surface area contributed by atoms with E-state index in [-0.39, 0.29) is 0 Å². The van der Waals surface area contributed by atoms with E-state index in [0.29, 0.717) is 6.04 Å². The SMILES string of the molecule is CCC1CCNC1c1cc(C)c(C)cc1C. The Balaban J connectivity index is 2.36. The van der Waals surface area contributed by atoms with Gasteiger partial charge in [-0.15, -0.1) is 0 Å². The van der Waals surface area contributed by atoms with Crippen LogP contribution >= 0.6 is 0 Å². The zero-order valence-corrected chi connectivity index (χ0v) is 10.9. The minimum Gasteiger partial charge on any atom is -0.310 e. The van der Waals surface area contributed by atoms with Crippen molar-refractivity contribution in [3.63, 3.8) is 0 Å². The first-order valence-electron chi connectivity index (χ1n) is 6.44. The van der Waals surface area contributed by atoms with Crippen molar-refractivity contribution < 1.29 is 0 Å². The van der Waals surface area contributed by atoms with Crippen LogP contribution in [0, 0.1) is 26.7 Å². The van der Waals surface area contributed by atoms with Crippen molar-refractivity contribution >= 4 is 0 Å². The van der Waals surface area contributed by atoms with Gasteiger partial charge in [0, 0.05) is 6.04 Å². The van der Waals surface area contributed by atoms with Crippen molar-refractivity contribution in [3.8, 4) is 0 Å². The molecule has 1 aromatic rings. The highest BCUT2D eigenvalue weighted by atomic mass is 15.0. The predicted octanol–water partition coefficient (Wildman–Crippen LogP) is 3.67. The number of rotatable bonds is 2. The monoisotopic (exact) mass is 217 g/mol. The molecule has 0 bridgehead atoms. The Hall–Kier alpha value is -0.820. The molecule has 0 spiro atoms. The predicted molar refractivity (Wildman–Crippen MR) is 69.8 cm³/mol. The fourth-order valence-corrected chi connectivity index (χ4v) is 2.88. The zero-order valence-electron chi connectivity index (χ0n) is 10.9. The Kier molecular flexibility index (Phi) is 3.34. The molecule has 1 heteroatoms. The van der Waals surface area contributed by atoms with Crippen LogP contribution in [0.1, 0.15) is 48.1 Å². The molecule has 1 saturated heterocycles. The van der Waals surface area contributed by atoms with E-state index in [0.717, 1.165) is 5.92 Å². The van der Waals surface area contributed by atoms with Gasteiger partial charge in [0.2, 0.25) is 0 Å². The van der Waals surface area contributed by atoms with E-state index in [1.165, 1.54) is 41.6 Å². The first kappa shape index (κ1) is 11.7. The fraction of sp³-hybridized carbons (Fsp3) is 0.600. The van der Waals surface area contributed by atoms with Gasteiger partial charge in [0.1, 0.15) is 0 Å². The normalized spacial score (nSPS) is 25.0. The molecule has 0 aliphatic carbocycles. The molecule has 2 rings (SSSR count). The summed E-state index contributed by atoms with van der Waals surface area (Å²) in [6, 6.07) is 5.30. The van der Waals surface area contributed by atoms with E-state index in [1.807, 2.05) is 0 Å². The maximum atomic E-state index is 3.66. The summed E-state index contributed by atoms with van der Waals surface area (Å²) in [4.78, 5) is 0. The standard InChI is InChI=1S/C15H23N/c1-5-13-6-7-16-15(13)14-9-11(3)10(2)8-12(14)4/h8-9,13,15-16H,5-7H2,1-4H3. The fourth-order valence-electron chi connectivity index (χ4n) is 2.88. The Morgan fingerprint density at radius 3 is 2.50 bits per heavy atom. The largest absolute Gasteiger partial charge is 0.310 e. The van der Waals surface area contributed by atoms with Crippen LogP contribution in [0.2, 0.25) is 0 Å². The molecule has 1 nitrogen and oxygen atoms in total. The third-order valence-electron chi connectivity index (χ3n) is 4.09. The Morgan fingerprint density at radius 2 is 1.81 bits per heavy atom. The Bertz CT molecular complexity index is 381. The van der Waals surface area contributed by atoms with E-state index in [9.17, 15) is 0 Å². The molecule has 0 saturated carbocycles. The van der Waals surface area contributed by atoms with Gasteiger partial charge in [-0.2, -0.15) is 0 Å². The zero-order chi connectivity index (χ0) is 11.7. The van der Waals surface area contributed by atoms with Crippen molar-refractivity contribution in [2.24, 2.45) is 5.92 Å². The van der Waals surface area contributed by atoms with Crippen LogP contribution in [0.15, 0.2) is 12.1 Å². The molecule has 1 heterocycles. The molecular formula is C15H23N. The number of benzene rings is 1. The van der Waals surface area contributed by atoms with Crippen molar-refractivity contribution in [2.45, 2.75) is 46.6 Å². The van der Waals surface area contributed by atoms with Gasteiger partial charge in [0.05, 0.1) is 0 Å². The van der Waals surface area contributed by atoms with Gasteiger partial charge in [-0.25, -0.2) is 0 Å². The van der Waals surface area contributed by atoms with Crippen LogP contribution in [0.25, 0.3) is 0 Å². The summed E-state index contributed by atoms with van der Waals surface area (Å²) >= 11 is 0. The average Bonchev–Trinajstić information content (AvgIpc) is 2.71. The average molecular weight is 217 g/mol. The van der Waals surface area contributed by atoms with Crippen LogP contribution in [0.5, 0.6) is 0 Å². The molecule has 16 heavy (non-hydrogen) atoms. The number of hydrogen-bond donors (Lipinski definition) is 1. The van der Waals surface area contributed by atoms with Gasteiger partial charge in [0.15, 0.2) is 0 Å². The van der Waals surface area contributed by atoms with Gasteiger partial charge in [-0.1, -0.05) is 25.5 Å². The highest BCUT2D eigenvalue weighted by molar-refractivity contribution is 5.38. The summed E-state index contributed by atoms with van der Waals surface area (Å²) in [5.74, 6) is 0.820. The minimum absolute atomic E-state index is 0.587. The summed E-state index contributed by atoms with van der Waals surface area (Å²) in [6.45, 7) is 10.1. The van der Waals surface area contributed by atoms with Crippen molar-refractivity contribution in [2.75, 3.05) is 6.54 Å². The molecule has 2 atom stereocenters. The van der Waals surface area contributed by atoms with Gasteiger partial charge in [-0.05, 0) is 61.9 Å². The van der Waals surface area contributed by atoms with Gasteiger partial charge in [0.25, 0.3) is 0 Å². The summed E-state index contributed by atoms with van der Waals surface area (Å²) < 4.78 is 0. The van der Waals surface area contributed by atoms with Crippen molar-refractivity contribution in [1.29, 1.82) is 0 Å². The summed E-state index contributed by atoms with van der Waals surface area (Å²) in [7, 11) is 0. The van der Waals surface area contributed by atoms with E-state index in [2.05, 4.69) is 45.1 Å². The number of nitrogens with one attached hydrogen (secondary N) is 1. The lowest BCUT2D eigenvalue weighted by molar-refractivity contribution is 0.448. The van der Waals surface area contributed by atoms with E-state index in [1.54, 1.807) is 0 Å². The lowest BCUT2D eigenvalue weighted by Gasteiger charge is -2.22. The minimum atomic E-state index is 0.587. The van der Waals surface area contributed by atoms with Gasteiger partial charge < -0.3 is 5.32 Å². The van der Waals surface area contributed by atoms with Crippen LogP contribution < -0.4 is 5.32 Å². The molecule has 1 aliphatic rings. The maximum Gasteiger partial charge on any atom is 0.0351 e. The third-order valence-corrected chi connectivity index (χ3v) is 4.09. The smallest absolute Gasteiger partial charge is 0.0351 e. The van der Waals surface area contributed by atoms with Crippen molar-refractivity contribution in [1.82, 2.24) is 5.32 Å². The molecular weight excluding hydrogens is 194 g/mol. The lowest BCUT2D eigenvalue weighted by Crippen LogP contribution is -2.19. The quantitative estimate of drug-likeness (QED) is 0.797. The molecule has 88 valence electrons. The van der Waals surface area contributed by atoms with E-state index in [4.69, 9.17) is 0 Å². The van der Waals surface area contributed by atoms with Crippen LogP contribution in [0.3, 0.4) is 0 Å². The summed E-state index contributed by atoms with van der Waals surface area (Å²) in [5.41, 5.74) is 5.80. The summed E-state index contributed by atoms with van der Waals surface area (Å²) in [6.07, 6.45) is 2.61. The van der Waals surface area contributed by atoms with Crippen LogP contribution in [0.4, 0.5) is 0 Å². The van der Waals surface area contributed by atoms with Crippen LogP contribution in [-0.4, -0.2) is 6.54 Å². The van der Waals surface area contributed by atoms with Crippen molar-refractivity contribution in [3.05, 3.63) is 34.4 Å². The Morgan fingerprint density at radius 1 is 1.12 bits per heavy atom. The second-order valence-electron chi connectivity index (χ2n) is 5.18. The second-order valence-corrected chi connectivity index (χ2v) is 5.18. The molecule has 1 fully saturated rings. The lowest BCUT2D eigenvalue weighted by atomic mass is 9.88. The molecule has 1 aliphatic heterocycles. The molecule has 0 radical (unpaired) electrons. The first-order valence-corrected chi connectivity index (χ1v) is 6.44. The van der Waals surface area contributed by atoms with E-state index >= 15 is 0 Å². The molecule has 1 N–H and O–H groups in total. The maximum absolute atomic E-state index is 3.66. The third kappa shape index (κ3) is 2.01. The number of aryl methyl sites for hydroxylation is 3. The molecule has 0 aromatic heterocycles. The Labute approximate surface area is 99.3 Å². The second kappa shape index (κ2) is 4.58. The highest BCUT2D eigenvalue weighted by Gasteiger charge is 2.27. The van der Waals surface area contributed by atoms with Gasteiger partial charge >= 0.3 is 0 Å². The highest BCUT2D eigenvalue weighted by Crippen LogP contribution is 2.34. The van der Waals surface area contributed by atoms with E-state index < -0.39 is 0 Å². The van der Waals surface area contributed by atoms with Crippen LogP contribution in [-0.2, 0) is 0 Å². The number of hydrogen-bond acceptors (Lipinski definition) is 1.